The van der Waals surface area contributed by atoms with Crippen LogP contribution in [0.25, 0.3) is 0 Å². The van der Waals surface area contributed by atoms with Crippen LogP contribution >= 0.6 is 11.3 Å². The predicted molar refractivity (Wildman–Crippen MR) is 64.3 cm³/mol. The Balaban J connectivity index is 1.96. The van der Waals surface area contributed by atoms with E-state index in [-0.39, 0.29) is 0 Å². The Kier molecular flexibility index (Phi) is 3.72. The van der Waals surface area contributed by atoms with E-state index in [0.29, 0.717) is 12.5 Å². The average molecular weight is 225 g/mol. The minimum atomic E-state index is 0.692. The van der Waals surface area contributed by atoms with Gasteiger partial charge in [0, 0.05) is 17.7 Å². The van der Waals surface area contributed by atoms with E-state index in [9.17, 15) is 0 Å². The zero-order valence-electron chi connectivity index (χ0n) is 9.28. The van der Waals surface area contributed by atoms with Gasteiger partial charge in [0.1, 0.15) is 0 Å². The summed E-state index contributed by atoms with van der Waals surface area (Å²) in [6.45, 7) is 3.11. The molecule has 3 nitrogen and oxygen atoms in total. The lowest BCUT2D eigenvalue weighted by Gasteiger charge is -2.27. The number of thiazole rings is 1. The molecule has 0 unspecified atom stereocenters. The maximum absolute atomic E-state index is 5.52. The Hall–Kier alpha value is -0.450. The lowest BCUT2D eigenvalue weighted by Crippen LogP contribution is -2.29. The summed E-state index contributed by atoms with van der Waals surface area (Å²) in [4.78, 5) is 7.06. The summed E-state index contributed by atoms with van der Waals surface area (Å²) in [6.07, 6.45) is 3.43. The highest BCUT2D eigenvalue weighted by Gasteiger charge is 2.20. The minimum absolute atomic E-state index is 0.692. The van der Waals surface area contributed by atoms with Crippen LogP contribution in [-0.2, 0) is 6.42 Å². The molecular weight excluding hydrogens is 206 g/mol. The second-order valence-corrected chi connectivity index (χ2v) is 5.18. The van der Waals surface area contributed by atoms with Crippen molar-refractivity contribution < 1.29 is 0 Å². The van der Waals surface area contributed by atoms with Crippen LogP contribution in [-0.4, -0.2) is 36.6 Å². The summed E-state index contributed by atoms with van der Waals surface area (Å²) < 4.78 is 0. The van der Waals surface area contributed by atoms with E-state index in [2.05, 4.69) is 22.3 Å². The molecule has 1 aliphatic heterocycles. The summed E-state index contributed by atoms with van der Waals surface area (Å²) >= 11 is 1.81. The van der Waals surface area contributed by atoms with Gasteiger partial charge in [-0.3, -0.25) is 0 Å². The number of rotatable bonds is 3. The molecule has 0 saturated carbocycles. The molecule has 0 radical (unpaired) electrons. The Morgan fingerprint density at radius 1 is 1.53 bits per heavy atom. The van der Waals surface area contributed by atoms with E-state index in [1.54, 1.807) is 0 Å². The van der Waals surface area contributed by atoms with Gasteiger partial charge in [-0.2, -0.15) is 0 Å². The third-order valence-corrected chi connectivity index (χ3v) is 4.09. The number of nitrogens with two attached hydrogens (primary N) is 1. The molecule has 4 heteroatoms. The Labute approximate surface area is 95.3 Å². The highest BCUT2D eigenvalue weighted by molar-refractivity contribution is 7.09. The highest BCUT2D eigenvalue weighted by atomic mass is 32.1. The molecule has 1 aromatic rings. The molecule has 0 bridgehead atoms. The molecule has 2 rings (SSSR count). The number of aromatic nitrogens is 1. The van der Waals surface area contributed by atoms with Crippen molar-refractivity contribution in [2.24, 2.45) is 5.73 Å². The van der Waals surface area contributed by atoms with Gasteiger partial charge in [-0.15, -0.1) is 11.3 Å². The maximum atomic E-state index is 5.52. The van der Waals surface area contributed by atoms with Crippen LogP contribution in [0.5, 0.6) is 0 Å². The first-order valence-electron chi connectivity index (χ1n) is 5.62. The van der Waals surface area contributed by atoms with E-state index in [1.165, 1.54) is 36.6 Å². The van der Waals surface area contributed by atoms with Gasteiger partial charge < -0.3 is 10.6 Å². The van der Waals surface area contributed by atoms with Gasteiger partial charge in [-0.05, 0) is 39.5 Å². The van der Waals surface area contributed by atoms with Crippen LogP contribution in [0.2, 0.25) is 0 Å². The first-order chi connectivity index (χ1) is 7.29. The van der Waals surface area contributed by atoms with Crippen LogP contribution in [0.4, 0.5) is 0 Å². The van der Waals surface area contributed by atoms with Crippen molar-refractivity contribution in [2.45, 2.75) is 25.2 Å². The number of nitrogens with zero attached hydrogens (tertiary/aromatic N) is 2. The summed E-state index contributed by atoms with van der Waals surface area (Å²) in [6, 6.07) is 0. The molecule has 84 valence electrons. The second-order valence-electron chi connectivity index (χ2n) is 4.29. The molecule has 1 aliphatic rings. The summed E-state index contributed by atoms with van der Waals surface area (Å²) in [7, 11) is 2.19. The largest absolute Gasteiger partial charge is 0.330 e. The summed E-state index contributed by atoms with van der Waals surface area (Å²) in [5.41, 5.74) is 6.70. The fraction of sp³-hybridized carbons (Fsp3) is 0.727. The Bertz CT molecular complexity index is 303. The number of piperidine rings is 1. The van der Waals surface area contributed by atoms with Crippen molar-refractivity contribution in [1.29, 1.82) is 0 Å². The minimum Gasteiger partial charge on any atom is -0.330 e. The SMILES string of the molecule is CN1CCC(c2nc(CCN)cs2)CC1. The van der Waals surface area contributed by atoms with E-state index in [0.717, 1.165) is 6.42 Å². The predicted octanol–water partition coefficient (Wildman–Crippen LogP) is 1.45. The van der Waals surface area contributed by atoms with Crippen molar-refractivity contribution >= 4 is 11.3 Å². The normalized spacial score (nSPS) is 19.6. The van der Waals surface area contributed by atoms with Crippen LogP contribution in [0, 0.1) is 0 Å². The quantitative estimate of drug-likeness (QED) is 0.846. The highest BCUT2D eigenvalue weighted by Crippen LogP contribution is 2.29. The van der Waals surface area contributed by atoms with Gasteiger partial charge in [0.25, 0.3) is 0 Å². The van der Waals surface area contributed by atoms with Gasteiger partial charge in [-0.1, -0.05) is 0 Å². The molecule has 2 N–H and O–H groups in total. The van der Waals surface area contributed by atoms with Gasteiger partial charge in [0.05, 0.1) is 10.7 Å². The molecular formula is C11H19N3S. The van der Waals surface area contributed by atoms with Gasteiger partial charge in [0.2, 0.25) is 0 Å². The van der Waals surface area contributed by atoms with E-state index < -0.39 is 0 Å². The molecule has 1 saturated heterocycles. The van der Waals surface area contributed by atoms with Crippen LogP contribution in [0.15, 0.2) is 5.38 Å². The molecule has 2 heterocycles. The zero-order chi connectivity index (χ0) is 10.7. The third-order valence-electron chi connectivity index (χ3n) is 3.04. The molecule has 0 amide bonds. The van der Waals surface area contributed by atoms with Crippen LogP contribution < -0.4 is 5.73 Å². The third kappa shape index (κ3) is 2.77. The molecule has 0 aromatic carbocycles. The van der Waals surface area contributed by atoms with Gasteiger partial charge >= 0.3 is 0 Å². The van der Waals surface area contributed by atoms with Crippen LogP contribution in [0.1, 0.15) is 29.5 Å². The number of likely N-dealkylation sites (tertiary alicyclic amines) is 1. The fourth-order valence-corrected chi connectivity index (χ4v) is 3.05. The van der Waals surface area contributed by atoms with Crippen molar-refractivity contribution in [3.05, 3.63) is 16.1 Å². The zero-order valence-corrected chi connectivity index (χ0v) is 10.1. The smallest absolute Gasteiger partial charge is 0.0960 e. The maximum Gasteiger partial charge on any atom is 0.0960 e. The number of hydrogen-bond acceptors (Lipinski definition) is 4. The lowest BCUT2D eigenvalue weighted by atomic mass is 9.98. The number of hydrogen-bond donors (Lipinski definition) is 1. The molecule has 1 fully saturated rings. The van der Waals surface area contributed by atoms with Crippen molar-refractivity contribution in [2.75, 3.05) is 26.7 Å². The van der Waals surface area contributed by atoms with Crippen LogP contribution in [0.3, 0.4) is 0 Å². The van der Waals surface area contributed by atoms with E-state index in [1.807, 2.05) is 11.3 Å². The lowest BCUT2D eigenvalue weighted by molar-refractivity contribution is 0.255. The van der Waals surface area contributed by atoms with Crippen molar-refractivity contribution in [3.8, 4) is 0 Å². The molecule has 0 atom stereocenters. The second kappa shape index (κ2) is 5.05. The Morgan fingerprint density at radius 3 is 2.93 bits per heavy atom. The standard InChI is InChI=1S/C11H19N3S/c1-14-6-3-9(4-7-14)11-13-10(2-5-12)8-15-11/h8-9H,2-7,12H2,1H3. The molecule has 15 heavy (non-hydrogen) atoms. The summed E-state index contributed by atoms with van der Waals surface area (Å²) in [5, 5.41) is 3.49. The van der Waals surface area contributed by atoms with Gasteiger partial charge in [0.15, 0.2) is 0 Å². The topological polar surface area (TPSA) is 42.2 Å². The molecule has 0 spiro atoms. The first kappa shape index (κ1) is 11.0. The van der Waals surface area contributed by atoms with Gasteiger partial charge in [-0.25, -0.2) is 4.98 Å². The fourth-order valence-electron chi connectivity index (χ4n) is 2.03. The Morgan fingerprint density at radius 2 is 2.27 bits per heavy atom. The average Bonchev–Trinajstić information content (AvgIpc) is 2.68. The monoisotopic (exact) mass is 225 g/mol. The summed E-state index contributed by atoms with van der Waals surface area (Å²) in [5.74, 6) is 0.692. The molecule has 1 aromatic heterocycles. The van der Waals surface area contributed by atoms with Crippen molar-refractivity contribution in [1.82, 2.24) is 9.88 Å². The van der Waals surface area contributed by atoms with Crippen molar-refractivity contribution in [3.63, 3.8) is 0 Å². The first-order valence-corrected chi connectivity index (χ1v) is 6.50. The van der Waals surface area contributed by atoms with E-state index in [4.69, 9.17) is 5.73 Å². The van der Waals surface area contributed by atoms with E-state index >= 15 is 0 Å². The molecule has 0 aliphatic carbocycles.